The van der Waals surface area contributed by atoms with Crippen LogP contribution >= 0.6 is 0 Å². The van der Waals surface area contributed by atoms with Gasteiger partial charge in [0.15, 0.2) is 29.7 Å². The van der Waals surface area contributed by atoms with Gasteiger partial charge < -0.3 is 99.2 Å². The SMILES string of the molecule is O=c1c(OC2OC(CO)C(O)C(O)C2OC2OCC(O)(CO)C2O)c(-c2ccc(O)c(O)c2)oc2cc(OC3OC(CO)C(O)C(O)C3O)cc(O)c12. The molecule has 1 aromatic heterocycles. The predicted octanol–water partition coefficient (Wildman–Crippen LogP) is -4.60. The van der Waals surface area contributed by atoms with Crippen LogP contribution in [-0.4, -0.2) is 172 Å². The number of aromatic hydroxyl groups is 3. The highest BCUT2D eigenvalue weighted by atomic mass is 16.8. The van der Waals surface area contributed by atoms with Crippen LogP contribution < -0.4 is 14.9 Å². The van der Waals surface area contributed by atoms with Crippen LogP contribution in [-0.2, 0) is 18.9 Å². The molecule has 292 valence electrons. The van der Waals surface area contributed by atoms with Crippen LogP contribution in [0.2, 0.25) is 0 Å². The molecular weight excluding hydrogens is 720 g/mol. The minimum absolute atomic E-state index is 0.135. The Morgan fingerprint density at radius 3 is 2.02 bits per heavy atom. The Kier molecular flexibility index (Phi) is 11.0. The lowest BCUT2D eigenvalue weighted by molar-refractivity contribution is -0.319. The molecule has 21 nitrogen and oxygen atoms in total. The summed E-state index contributed by atoms with van der Waals surface area (Å²) < 4.78 is 39.3. The molecular formula is C32H38O21. The Morgan fingerprint density at radius 2 is 1.40 bits per heavy atom. The average Bonchev–Trinajstić information content (AvgIpc) is 3.42. The predicted molar refractivity (Wildman–Crippen MR) is 168 cm³/mol. The van der Waals surface area contributed by atoms with Crippen LogP contribution in [0, 0.1) is 0 Å². The molecule has 3 aliphatic rings. The molecule has 2 aromatic carbocycles. The van der Waals surface area contributed by atoms with Crippen LogP contribution in [0.5, 0.6) is 28.7 Å². The zero-order valence-corrected chi connectivity index (χ0v) is 27.2. The van der Waals surface area contributed by atoms with Gasteiger partial charge in [0.05, 0.1) is 26.4 Å². The standard InChI is InChI=1S/C32H38O21/c33-6-16-19(39)22(42)24(44)29(50-16)48-11-4-14(38)18-15(5-11)49-25(10-1-2-12(36)13(37)3-10)26(21(18)41)52-30-27(23(43)20(40)17(7-34)51-30)53-31-28(45)32(46,8-35)9-47-31/h1-5,16-17,19-20,22-24,27-31,33-40,42-46H,6-9H2. The summed E-state index contributed by atoms with van der Waals surface area (Å²) in [6.45, 7) is -3.22. The number of ether oxygens (including phenoxy) is 6. The van der Waals surface area contributed by atoms with Crippen LogP contribution in [0.3, 0.4) is 0 Å². The van der Waals surface area contributed by atoms with Gasteiger partial charge in [0.25, 0.3) is 0 Å². The molecule has 3 aromatic rings. The number of fused-ring (bicyclic) bond motifs is 1. The van der Waals surface area contributed by atoms with Crippen molar-refractivity contribution < 1.29 is 99.2 Å². The number of aliphatic hydroxyl groups excluding tert-OH is 9. The van der Waals surface area contributed by atoms with Gasteiger partial charge in [-0.1, -0.05) is 0 Å². The maximum Gasteiger partial charge on any atom is 0.239 e. The molecule has 21 heteroatoms. The van der Waals surface area contributed by atoms with E-state index in [1.807, 2.05) is 0 Å². The van der Waals surface area contributed by atoms with Crippen molar-refractivity contribution in [2.24, 2.45) is 0 Å². The van der Waals surface area contributed by atoms with Gasteiger partial charge in [-0.2, -0.15) is 0 Å². The molecule has 0 saturated carbocycles. The normalized spacial score (nSPS) is 36.1. The first kappa shape index (κ1) is 38.8. The minimum atomic E-state index is -2.18. The van der Waals surface area contributed by atoms with E-state index in [9.17, 15) is 71.2 Å². The second-order valence-electron chi connectivity index (χ2n) is 12.7. The zero-order chi connectivity index (χ0) is 38.5. The molecule has 3 fully saturated rings. The van der Waals surface area contributed by atoms with E-state index in [0.29, 0.717) is 0 Å². The molecule has 0 radical (unpaired) electrons. The van der Waals surface area contributed by atoms with Gasteiger partial charge in [-0.15, -0.1) is 0 Å². The smallest absolute Gasteiger partial charge is 0.239 e. The summed E-state index contributed by atoms with van der Waals surface area (Å²) in [5.41, 5.74) is -3.87. The first-order valence-electron chi connectivity index (χ1n) is 16.0. The summed E-state index contributed by atoms with van der Waals surface area (Å²) in [5.74, 6) is -3.70. The quantitative estimate of drug-likeness (QED) is 0.0865. The van der Waals surface area contributed by atoms with Gasteiger partial charge in [0.1, 0.15) is 76.9 Å². The van der Waals surface area contributed by atoms with Crippen LogP contribution in [0.1, 0.15) is 0 Å². The average molecular weight is 759 g/mol. The Bertz CT molecular complexity index is 1830. The minimum Gasteiger partial charge on any atom is -0.507 e. The number of phenols is 3. The fourth-order valence-electron chi connectivity index (χ4n) is 6.06. The Hall–Kier alpha value is -3.91. The fourth-order valence-corrected chi connectivity index (χ4v) is 6.06. The van der Waals surface area contributed by atoms with E-state index in [1.54, 1.807) is 0 Å². The Morgan fingerprint density at radius 1 is 0.736 bits per heavy atom. The number of rotatable bonds is 10. The van der Waals surface area contributed by atoms with E-state index < -0.39 is 151 Å². The largest absolute Gasteiger partial charge is 0.507 e. The van der Waals surface area contributed by atoms with Gasteiger partial charge >= 0.3 is 0 Å². The van der Waals surface area contributed by atoms with Crippen molar-refractivity contribution in [1.82, 2.24) is 0 Å². The maximum absolute atomic E-state index is 14.2. The maximum atomic E-state index is 14.2. The van der Waals surface area contributed by atoms with Crippen molar-refractivity contribution in [2.45, 2.75) is 79.4 Å². The third-order valence-electron chi connectivity index (χ3n) is 9.17. The molecule has 0 amide bonds. The summed E-state index contributed by atoms with van der Waals surface area (Å²) in [6, 6.07) is 5.12. The number of benzene rings is 2. The van der Waals surface area contributed by atoms with Crippen molar-refractivity contribution in [3.8, 4) is 40.1 Å². The molecule has 53 heavy (non-hydrogen) atoms. The van der Waals surface area contributed by atoms with Gasteiger partial charge in [-0.25, -0.2) is 0 Å². The number of aliphatic hydroxyl groups is 10. The van der Waals surface area contributed by atoms with Crippen molar-refractivity contribution in [3.05, 3.63) is 40.6 Å². The summed E-state index contributed by atoms with van der Waals surface area (Å²) >= 11 is 0. The van der Waals surface area contributed by atoms with Gasteiger partial charge in [0, 0.05) is 17.7 Å². The molecule has 13 N–H and O–H groups in total. The highest BCUT2D eigenvalue weighted by Gasteiger charge is 2.54. The second kappa shape index (κ2) is 15.1. The first-order chi connectivity index (χ1) is 25.1. The molecule has 3 saturated heterocycles. The topological polar surface area (TPSA) is 349 Å². The number of hydrogen-bond donors (Lipinski definition) is 13. The Labute approximate surface area is 296 Å². The highest BCUT2D eigenvalue weighted by Crippen LogP contribution is 2.41. The van der Waals surface area contributed by atoms with E-state index >= 15 is 0 Å². The third-order valence-corrected chi connectivity index (χ3v) is 9.17. The van der Waals surface area contributed by atoms with E-state index in [4.69, 9.17) is 32.8 Å². The molecule has 0 bridgehead atoms. The Balaban J connectivity index is 1.43. The highest BCUT2D eigenvalue weighted by molar-refractivity contribution is 5.88. The molecule has 6 rings (SSSR count). The summed E-state index contributed by atoms with van der Waals surface area (Å²) in [6.07, 6.45) is -21.3. The van der Waals surface area contributed by atoms with Crippen molar-refractivity contribution in [2.75, 3.05) is 26.4 Å². The molecule has 0 aliphatic carbocycles. The van der Waals surface area contributed by atoms with E-state index in [0.717, 1.165) is 24.3 Å². The van der Waals surface area contributed by atoms with Crippen LogP contribution in [0.15, 0.2) is 39.5 Å². The summed E-state index contributed by atoms with van der Waals surface area (Å²) in [5, 5.41) is 133. The van der Waals surface area contributed by atoms with Crippen molar-refractivity contribution in [1.29, 1.82) is 0 Å². The van der Waals surface area contributed by atoms with Crippen molar-refractivity contribution in [3.63, 3.8) is 0 Å². The van der Waals surface area contributed by atoms with Crippen molar-refractivity contribution >= 4 is 11.0 Å². The second-order valence-corrected chi connectivity index (χ2v) is 12.7. The van der Waals surface area contributed by atoms with Gasteiger partial charge in [0.2, 0.25) is 23.8 Å². The fraction of sp³-hybridized carbons (Fsp3) is 0.531. The monoisotopic (exact) mass is 758 g/mol. The number of phenolic OH excluding ortho intramolecular Hbond substituents is 3. The zero-order valence-electron chi connectivity index (χ0n) is 27.2. The van der Waals surface area contributed by atoms with E-state index in [1.165, 1.54) is 6.07 Å². The van der Waals surface area contributed by atoms with Gasteiger partial charge in [-0.05, 0) is 18.2 Å². The van der Waals surface area contributed by atoms with E-state index in [2.05, 4.69) is 0 Å². The number of hydrogen-bond acceptors (Lipinski definition) is 21. The van der Waals surface area contributed by atoms with Gasteiger partial charge in [-0.3, -0.25) is 4.79 Å². The van der Waals surface area contributed by atoms with Crippen LogP contribution in [0.25, 0.3) is 22.3 Å². The summed E-state index contributed by atoms with van der Waals surface area (Å²) in [4.78, 5) is 14.2. The lowest BCUT2D eigenvalue weighted by Crippen LogP contribution is -2.62. The lowest BCUT2D eigenvalue weighted by atomic mass is 9.98. The van der Waals surface area contributed by atoms with Crippen LogP contribution in [0.4, 0.5) is 0 Å². The van der Waals surface area contributed by atoms with E-state index in [-0.39, 0.29) is 11.3 Å². The first-order valence-corrected chi connectivity index (χ1v) is 16.0. The molecule has 13 atom stereocenters. The third kappa shape index (κ3) is 7.08. The molecule has 0 spiro atoms. The summed E-state index contributed by atoms with van der Waals surface area (Å²) in [7, 11) is 0. The molecule has 4 heterocycles. The lowest BCUT2D eigenvalue weighted by Gasteiger charge is -2.42. The molecule has 13 unspecified atom stereocenters. The molecule has 3 aliphatic heterocycles.